The minimum absolute atomic E-state index is 0.0664. The molecule has 1 aliphatic carbocycles. The highest BCUT2D eigenvalue weighted by atomic mass is 32.1. The molecule has 1 atom stereocenters. The maximum Gasteiger partial charge on any atom is 0.113 e. The number of rotatable bonds is 8. The van der Waals surface area contributed by atoms with Crippen LogP contribution in [0.25, 0.3) is 0 Å². The van der Waals surface area contributed by atoms with Crippen LogP contribution in [0.3, 0.4) is 0 Å². The molecule has 114 valence electrons. The van der Waals surface area contributed by atoms with Gasteiger partial charge in [0.2, 0.25) is 0 Å². The number of unbranched alkanes of at least 4 members (excludes halogenated alkanes) is 3. The predicted molar refractivity (Wildman–Crippen MR) is 88.5 cm³/mol. The van der Waals surface area contributed by atoms with Crippen molar-refractivity contribution >= 4 is 11.3 Å². The van der Waals surface area contributed by atoms with Crippen molar-refractivity contribution in [1.82, 2.24) is 10.3 Å². The van der Waals surface area contributed by atoms with Gasteiger partial charge < -0.3 is 5.32 Å². The zero-order valence-electron chi connectivity index (χ0n) is 13.6. The van der Waals surface area contributed by atoms with E-state index in [1.807, 2.05) is 11.3 Å². The molecule has 1 N–H and O–H groups in total. The molecule has 2 nitrogen and oxygen atoms in total. The molecule has 1 aromatic heterocycles. The lowest BCUT2D eigenvalue weighted by molar-refractivity contribution is 0.299. The summed E-state index contributed by atoms with van der Waals surface area (Å²) in [4.78, 5) is 6.52. The normalized spacial score (nSPS) is 17.4. The molecule has 0 radical (unpaired) electrons. The van der Waals surface area contributed by atoms with Crippen molar-refractivity contribution in [3.05, 3.63) is 15.6 Å². The summed E-state index contributed by atoms with van der Waals surface area (Å²) in [6.45, 7) is 9.11. The van der Waals surface area contributed by atoms with Crippen molar-refractivity contribution < 1.29 is 0 Å². The summed E-state index contributed by atoms with van der Waals surface area (Å²) < 4.78 is 0. The van der Waals surface area contributed by atoms with Crippen molar-refractivity contribution in [2.24, 2.45) is 0 Å². The summed E-state index contributed by atoms with van der Waals surface area (Å²) in [7, 11) is 0. The number of aromatic nitrogens is 1. The molecule has 0 fully saturated rings. The second kappa shape index (κ2) is 7.04. The van der Waals surface area contributed by atoms with Crippen LogP contribution in [0, 0.1) is 0 Å². The van der Waals surface area contributed by atoms with Crippen LogP contribution in [-0.2, 0) is 18.4 Å². The fraction of sp³-hybridized carbons (Fsp3) is 0.824. The molecule has 0 saturated carbocycles. The van der Waals surface area contributed by atoms with E-state index in [2.05, 4.69) is 33.0 Å². The van der Waals surface area contributed by atoms with Crippen LogP contribution in [0.15, 0.2) is 0 Å². The molecule has 0 spiro atoms. The quantitative estimate of drug-likeness (QED) is 0.696. The van der Waals surface area contributed by atoms with E-state index in [4.69, 9.17) is 4.98 Å². The van der Waals surface area contributed by atoms with E-state index in [9.17, 15) is 0 Å². The van der Waals surface area contributed by atoms with Crippen LogP contribution in [-0.4, -0.2) is 11.0 Å². The van der Waals surface area contributed by atoms with Gasteiger partial charge in [0.15, 0.2) is 0 Å². The Kier molecular flexibility index (Phi) is 5.62. The Labute approximate surface area is 128 Å². The molecule has 1 aliphatic rings. The Hall–Kier alpha value is -0.410. The van der Waals surface area contributed by atoms with E-state index in [0.29, 0.717) is 6.04 Å². The van der Waals surface area contributed by atoms with Gasteiger partial charge in [-0.05, 0) is 46.5 Å². The van der Waals surface area contributed by atoms with E-state index in [0.717, 1.165) is 0 Å². The highest BCUT2D eigenvalue weighted by Crippen LogP contribution is 2.36. The van der Waals surface area contributed by atoms with E-state index >= 15 is 0 Å². The summed E-state index contributed by atoms with van der Waals surface area (Å²) in [6.07, 6.45) is 10.3. The van der Waals surface area contributed by atoms with Crippen LogP contribution >= 0.6 is 11.3 Å². The van der Waals surface area contributed by atoms with Crippen LogP contribution < -0.4 is 5.32 Å². The predicted octanol–water partition coefficient (Wildman–Crippen LogP) is 4.82. The molecule has 2 rings (SSSR count). The van der Waals surface area contributed by atoms with Crippen molar-refractivity contribution in [3.8, 4) is 0 Å². The zero-order chi connectivity index (χ0) is 14.6. The van der Waals surface area contributed by atoms with Crippen molar-refractivity contribution in [2.45, 2.75) is 90.6 Å². The lowest BCUT2D eigenvalue weighted by atomic mass is 9.93. The second-order valence-corrected chi connectivity index (χ2v) is 7.77. The third kappa shape index (κ3) is 3.82. The number of nitrogens with zero attached hydrogens (tertiary/aromatic N) is 1. The first-order valence-corrected chi connectivity index (χ1v) is 9.13. The van der Waals surface area contributed by atoms with Crippen molar-refractivity contribution in [3.63, 3.8) is 0 Å². The molecular weight excluding hydrogens is 264 g/mol. The number of hydrogen-bond acceptors (Lipinski definition) is 3. The van der Waals surface area contributed by atoms with Gasteiger partial charge in [-0.2, -0.15) is 0 Å². The number of hydrogen-bond donors (Lipinski definition) is 1. The number of nitrogens with one attached hydrogen (secondary N) is 1. The zero-order valence-corrected chi connectivity index (χ0v) is 14.4. The van der Waals surface area contributed by atoms with Crippen LogP contribution in [0.5, 0.6) is 0 Å². The summed E-state index contributed by atoms with van der Waals surface area (Å²) in [5.41, 5.74) is 1.45. The van der Waals surface area contributed by atoms with Gasteiger partial charge in [-0.25, -0.2) is 4.98 Å². The fourth-order valence-corrected chi connectivity index (χ4v) is 4.50. The number of fused-ring (bicyclic) bond motifs is 1. The molecular formula is C17H30N2S. The van der Waals surface area contributed by atoms with E-state index in [-0.39, 0.29) is 5.54 Å². The molecule has 0 aromatic carbocycles. The summed E-state index contributed by atoms with van der Waals surface area (Å²) in [5, 5.41) is 5.11. The Morgan fingerprint density at radius 1 is 1.25 bits per heavy atom. The van der Waals surface area contributed by atoms with Gasteiger partial charge in [-0.15, -0.1) is 11.3 Å². The first kappa shape index (κ1) is 16.0. The molecule has 1 aromatic rings. The average molecular weight is 295 g/mol. The molecule has 1 unspecified atom stereocenters. The molecule has 0 aliphatic heterocycles. The van der Waals surface area contributed by atoms with E-state index in [1.165, 1.54) is 62.1 Å². The molecule has 0 amide bonds. The topological polar surface area (TPSA) is 24.9 Å². The smallest absolute Gasteiger partial charge is 0.113 e. The number of thiazole rings is 1. The van der Waals surface area contributed by atoms with Gasteiger partial charge in [-0.3, -0.25) is 0 Å². The minimum atomic E-state index is 0.0664. The third-order valence-corrected chi connectivity index (χ3v) is 5.63. The Balaban J connectivity index is 2.08. The van der Waals surface area contributed by atoms with Crippen LogP contribution in [0.4, 0.5) is 0 Å². The van der Waals surface area contributed by atoms with Gasteiger partial charge in [0.05, 0.1) is 11.2 Å². The largest absolute Gasteiger partial charge is 0.303 e. The summed E-state index contributed by atoms with van der Waals surface area (Å²) >= 11 is 1.96. The van der Waals surface area contributed by atoms with E-state index < -0.39 is 0 Å². The van der Waals surface area contributed by atoms with Gasteiger partial charge in [0, 0.05) is 10.9 Å². The Morgan fingerprint density at radius 2 is 2.05 bits per heavy atom. The lowest BCUT2D eigenvalue weighted by Gasteiger charge is -2.31. The van der Waals surface area contributed by atoms with Crippen molar-refractivity contribution in [1.29, 1.82) is 0 Å². The van der Waals surface area contributed by atoms with Gasteiger partial charge in [-0.1, -0.05) is 32.6 Å². The SMILES string of the molecule is CCCCCCC(C)(NC(C)C)c1nc2c(s1)CCC2. The summed E-state index contributed by atoms with van der Waals surface area (Å²) in [5.74, 6) is 0. The van der Waals surface area contributed by atoms with Gasteiger partial charge >= 0.3 is 0 Å². The molecule has 3 heteroatoms. The lowest BCUT2D eigenvalue weighted by Crippen LogP contribution is -2.43. The van der Waals surface area contributed by atoms with E-state index in [1.54, 1.807) is 4.88 Å². The minimum Gasteiger partial charge on any atom is -0.303 e. The molecule has 0 saturated heterocycles. The molecule has 0 bridgehead atoms. The Bertz CT molecular complexity index is 403. The highest BCUT2D eigenvalue weighted by molar-refractivity contribution is 7.12. The standard InChI is InChI=1S/C17H30N2S/c1-5-6-7-8-12-17(4,19-13(2)3)16-18-14-10-9-11-15(14)20-16/h13,19H,5-12H2,1-4H3. The third-order valence-electron chi connectivity index (χ3n) is 4.21. The monoisotopic (exact) mass is 294 g/mol. The van der Waals surface area contributed by atoms with Crippen molar-refractivity contribution in [2.75, 3.05) is 0 Å². The average Bonchev–Trinajstić information content (AvgIpc) is 2.94. The maximum absolute atomic E-state index is 4.97. The first-order valence-electron chi connectivity index (χ1n) is 8.32. The molecule has 1 heterocycles. The van der Waals surface area contributed by atoms with Crippen LogP contribution in [0.1, 0.15) is 81.8 Å². The summed E-state index contributed by atoms with van der Waals surface area (Å²) in [6, 6.07) is 0.505. The maximum atomic E-state index is 4.97. The number of aryl methyl sites for hydroxylation is 2. The fourth-order valence-electron chi connectivity index (χ4n) is 3.21. The Morgan fingerprint density at radius 3 is 2.70 bits per heavy atom. The van der Waals surface area contributed by atoms with Gasteiger partial charge in [0.25, 0.3) is 0 Å². The first-order chi connectivity index (χ1) is 9.55. The van der Waals surface area contributed by atoms with Crippen LogP contribution in [0.2, 0.25) is 0 Å². The van der Waals surface area contributed by atoms with Gasteiger partial charge in [0.1, 0.15) is 5.01 Å². The molecule has 20 heavy (non-hydrogen) atoms. The highest BCUT2D eigenvalue weighted by Gasteiger charge is 2.32. The second-order valence-electron chi connectivity index (χ2n) is 6.68.